The minimum absolute atomic E-state index is 0. The van der Waals surface area contributed by atoms with E-state index in [4.69, 9.17) is 4.74 Å². The van der Waals surface area contributed by atoms with E-state index in [2.05, 4.69) is 25.9 Å². The van der Waals surface area contributed by atoms with Crippen LogP contribution in [0.4, 0.5) is 4.79 Å². The fourth-order valence-electron chi connectivity index (χ4n) is 3.54. The first-order chi connectivity index (χ1) is 17.6. The molecule has 0 aliphatic rings. The minimum atomic E-state index is -1.19. The number of carbonyl (C=O) groups excluding carboxylic acids is 3. The Bertz CT molecular complexity index is 1000. The van der Waals surface area contributed by atoms with E-state index >= 15 is 0 Å². The number of hydrogen-bond acceptors (Lipinski definition) is 8. The number of aromatic nitrogens is 2. The lowest BCUT2D eigenvalue weighted by molar-refractivity contribution is -0.141. The van der Waals surface area contributed by atoms with Crippen LogP contribution in [0.2, 0.25) is 0 Å². The zero-order valence-electron chi connectivity index (χ0n) is 21.7. The summed E-state index contributed by atoms with van der Waals surface area (Å²) in [5, 5.41) is 27.5. The molecule has 1 aromatic heterocycles. The SMILES string of the molecule is CC(C)C[C@H](NC(=O)OCc1ccccc1)[C@@H](O)CC(=O)NCCC(=O)N[C@@H](Cc1cnc[nH]1)C(=O)O.N. The van der Waals surface area contributed by atoms with E-state index in [-0.39, 0.29) is 44.5 Å². The number of hydrogen-bond donors (Lipinski definition) is 7. The van der Waals surface area contributed by atoms with Gasteiger partial charge in [0.15, 0.2) is 0 Å². The molecule has 0 aliphatic carbocycles. The Labute approximate surface area is 221 Å². The monoisotopic (exact) mass is 534 g/mol. The van der Waals surface area contributed by atoms with Crippen molar-refractivity contribution in [3.05, 3.63) is 54.1 Å². The number of carboxylic acids is 1. The van der Waals surface area contributed by atoms with Gasteiger partial charge in [-0.05, 0) is 17.9 Å². The van der Waals surface area contributed by atoms with E-state index in [0.29, 0.717) is 12.1 Å². The molecule has 0 saturated heterocycles. The summed E-state index contributed by atoms with van der Waals surface area (Å²) in [5.41, 5.74) is 1.38. The number of nitrogens with zero attached hydrogens (tertiary/aromatic N) is 1. The molecule has 2 aromatic rings. The smallest absolute Gasteiger partial charge is 0.407 e. The Kier molecular flexibility index (Phi) is 14.1. The Balaban J connectivity index is 0.00000722. The van der Waals surface area contributed by atoms with Gasteiger partial charge in [0.25, 0.3) is 0 Å². The van der Waals surface area contributed by atoms with Gasteiger partial charge in [-0.25, -0.2) is 14.6 Å². The molecule has 0 fully saturated rings. The van der Waals surface area contributed by atoms with Crippen molar-refractivity contribution in [3.8, 4) is 0 Å². The highest BCUT2D eigenvalue weighted by atomic mass is 16.5. The van der Waals surface area contributed by atoms with Crippen LogP contribution in [0.3, 0.4) is 0 Å². The number of amides is 3. The van der Waals surface area contributed by atoms with Gasteiger partial charge in [0, 0.05) is 31.3 Å². The van der Waals surface area contributed by atoms with Crippen molar-refractivity contribution in [2.75, 3.05) is 6.54 Å². The van der Waals surface area contributed by atoms with E-state index in [1.807, 2.05) is 44.2 Å². The number of aliphatic hydroxyl groups is 1. The molecular weight excluding hydrogens is 496 g/mol. The number of aromatic amines is 1. The number of benzene rings is 1. The summed E-state index contributed by atoms with van der Waals surface area (Å²) in [6, 6.07) is 7.29. The third kappa shape index (κ3) is 12.3. The molecule has 0 saturated carbocycles. The maximum absolute atomic E-state index is 12.3. The van der Waals surface area contributed by atoms with Crippen LogP contribution in [0.1, 0.15) is 44.4 Å². The number of carboxylic acid groups (broad SMARTS) is 1. The lowest BCUT2D eigenvalue weighted by Crippen LogP contribution is -2.46. The van der Waals surface area contributed by atoms with Gasteiger partial charge in [-0.1, -0.05) is 44.2 Å². The molecule has 0 radical (unpaired) electrons. The van der Waals surface area contributed by atoms with Crippen LogP contribution in [-0.4, -0.2) is 68.8 Å². The Morgan fingerprint density at radius 2 is 1.79 bits per heavy atom. The first-order valence-corrected chi connectivity index (χ1v) is 12.1. The minimum Gasteiger partial charge on any atom is -0.480 e. The molecular formula is C25H38N6O7. The summed E-state index contributed by atoms with van der Waals surface area (Å²) >= 11 is 0. The summed E-state index contributed by atoms with van der Waals surface area (Å²) in [4.78, 5) is 54.7. The number of aliphatic hydroxyl groups excluding tert-OH is 1. The molecule has 210 valence electrons. The fraction of sp³-hybridized carbons (Fsp3) is 0.480. The average molecular weight is 535 g/mol. The highest BCUT2D eigenvalue weighted by molar-refractivity contribution is 5.84. The Morgan fingerprint density at radius 1 is 1.08 bits per heavy atom. The Morgan fingerprint density at radius 3 is 2.39 bits per heavy atom. The largest absolute Gasteiger partial charge is 0.480 e. The van der Waals surface area contributed by atoms with Gasteiger partial charge in [0.05, 0.1) is 24.9 Å². The van der Waals surface area contributed by atoms with E-state index in [1.165, 1.54) is 12.5 Å². The normalized spacial score (nSPS) is 12.9. The zero-order valence-corrected chi connectivity index (χ0v) is 21.7. The van der Waals surface area contributed by atoms with Gasteiger partial charge < -0.3 is 42.0 Å². The number of ether oxygens (including phenoxy) is 1. The van der Waals surface area contributed by atoms with Gasteiger partial charge in [0.1, 0.15) is 12.6 Å². The molecule has 1 heterocycles. The molecule has 3 atom stereocenters. The molecule has 13 heteroatoms. The van der Waals surface area contributed by atoms with Crippen LogP contribution in [0.15, 0.2) is 42.9 Å². The second kappa shape index (κ2) is 16.7. The second-order valence-corrected chi connectivity index (χ2v) is 9.05. The number of H-pyrrole nitrogens is 1. The molecule has 0 aliphatic heterocycles. The van der Waals surface area contributed by atoms with Crippen molar-refractivity contribution in [1.29, 1.82) is 0 Å². The summed E-state index contributed by atoms with van der Waals surface area (Å²) in [5.74, 6) is -2.13. The molecule has 13 nitrogen and oxygen atoms in total. The molecule has 1 aromatic carbocycles. The van der Waals surface area contributed by atoms with Crippen LogP contribution >= 0.6 is 0 Å². The average Bonchev–Trinajstić information content (AvgIpc) is 3.35. The summed E-state index contributed by atoms with van der Waals surface area (Å²) in [7, 11) is 0. The van der Waals surface area contributed by atoms with Crippen molar-refractivity contribution < 1.29 is 34.1 Å². The van der Waals surface area contributed by atoms with Crippen LogP contribution in [-0.2, 0) is 32.1 Å². The molecule has 0 bridgehead atoms. The molecule has 3 amide bonds. The maximum Gasteiger partial charge on any atom is 0.407 e. The second-order valence-electron chi connectivity index (χ2n) is 9.05. The number of aliphatic carboxylic acids is 1. The first-order valence-electron chi connectivity index (χ1n) is 12.1. The van der Waals surface area contributed by atoms with Crippen molar-refractivity contribution in [1.82, 2.24) is 32.1 Å². The maximum atomic E-state index is 12.3. The van der Waals surface area contributed by atoms with E-state index < -0.39 is 42.1 Å². The predicted octanol–water partition coefficient (Wildman–Crippen LogP) is 1.28. The number of rotatable bonds is 15. The fourth-order valence-corrected chi connectivity index (χ4v) is 3.54. The first kappa shape index (κ1) is 32.1. The van der Waals surface area contributed by atoms with Crippen LogP contribution in [0.25, 0.3) is 0 Å². The third-order valence-corrected chi connectivity index (χ3v) is 5.39. The van der Waals surface area contributed by atoms with Gasteiger partial charge in [0.2, 0.25) is 11.8 Å². The van der Waals surface area contributed by atoms with Crippen LogP contribution in [0, 0.1) is 5.92 Å². The van der Waals surface area contributed by atoms with Crippen molar-refractivity contribution in [3.63, 3.8) is 0 Å². The van der Waals surface area contributed by atoms with Crippen molar-refractivity contribution in [2.45, 2.75) is 64.3 Å². The number of alkyl carbamates (subject to hydrolysis) is 1. The lowest BCUT2D eigenvalue weighted by Gasteiger charge is -2.25. The molecule has 0 spiro atoms. The highest BCUT2D eigenvalue weighted by Crippen LogP contribution is 2.12. The summed E-state index contributed by atoms with van der Waals surface area (Å²) in [6.07, 6.45) is 1.03. The van der Waals surface area contributed by atoms with Crippen LogP contribution in [0.5, 0.6) is 0 Å². The van der Waals surface area contributed by atoms with E-state index in [9.17, 15) is 29.4 Å². The molecule has 38 heavy (non-hydrogen) atoms. The highest BCUT2D eigenvalue weighted by Gasteiger charge is 2.26. The van der Waals surface area contributed by atoms with Gasteiger partial charge >= 0.3 is 12.1 Å². The number of carbonyl (C=O) groups is 4. The van der Waals surface area contributed by atoms with Crippen molar-refractivity contribution in [2.24, 2.45) is 5.92 Å². The van der Waals surface area contributed by atoms with Gasteiger partial charge in [-0.3, -0.25) is 9.59 Å². The summed E-state index contributed by atoms with van der Waals surface area (Å²) in [6.45, 7) is 3.87. The molecule has 9 N–H and O–H groups in total. The third-order valence-electron chi connectivity index (χ3n) is 5.39. The van der Waals surface area contributed by atoms with E-state index in [0.717, 1.165) is 5.56 Å². The topological polar surface area (TPSA) is 218 Å². The van der Waals surface area contributed by atoms with E-state index in [1.54, 1.807) is 0 Å². The van der Waals surface area contributed by atoms with Gasteiger partial charge in [-0.15, -0.1) is 0 Å². The predicted molar refractivity (Wildman–Crippen MR) is 138 cm³/mol. The van der Waals surface area contributed by atoms with Crippen molar-refractivity contribution >= 4 is 23.9 Å². The molecule has 0 unspecified atom stereocenters. The van der Waals surface area contributed by atoms with Crippen LogP contribution < -0.4 is 22.1 Å². The Hall–Kier alpha value is -3.97. The lowest BCUT2D eigenvalue weighted by atomic mass is 9.97. The van der Waals surface area contributed by atoms with Gasteiger partial charge in [-0.2, -0.15) is 0 Å². The number of nitrogens with one attached hydrogen (secondary N) is 4. The standard InChI is InChI=1S/C25H35N5O7.H3N/c1-16(2)10-19(30-25(36)37-14-17-6-4-3-5-7-17)21(31)12-23(33)27-9-8-22(32)29-20(24(34)35)11-18-13-26-15-28-18;/h3-7,13,15-16,19-21,31H,8-12,14H2,1-2H3,(H,26,28)(H,27,33)(H,29,32)(H,30,36)(H,34,35);1H3/t19-,20-,21-;/m0./s1. The molecule has 2 rings (SSSR count). The summed E-state index contributed by atoms with van der Waals surface area (Å²) < 4.78 is 5.21. The quantitative estimate of drug-likeness (QED) is 0.175. The zero-order chi connectivity index (χ0) is 27.2. The number of imidazole rings is 1.